The minimum Gasteiger partial charge on any atom is -0.409 e. The SMILES string of the molecule is CC(=O)Nc1ccc(/C(N)=N/O)cc1Br. The molecule has 0 radical (unpaired) electrons. The summed E-state index contributed by atoms with van der Waals surface area (Å²) in [5, 5.41) is 14.0. The van der Waals surface area contributed by atoms with E-state index >= 15 is 0 Å². The monoisotopic (exact) mass is 271 g/mol. The Morgan fingerprint density at radius 2 is 2.27 bits per heavy atom. The molecule has 0 unspecified atom stereocenters. The Hall–Kier alpha value is -1.56. The highest BCUT2D eigenvalue weighted by molar-refractivity contribution is 9.10. The van der Waals surface area contributed by atoms with E-state index in [4.69, 9.17) is 10.9 Å². The topological polar surface area (TPSA) is 87.7 Å². The third kappa shape index (κ3) is 2.95. The average Bonchev–Trinajstić information content (AvgIpc) is 2.19. The normalized spacial score (nSPS) is 11.2. The van der Waals surface area contributed by atoms with Crippen molar-refractivity contribution in [2.45, 2.75) is 6.92 Å². The van der Waals surface area contributed by atoms with Gasteiger partial charge in [0.25, 0.3) is 0 Å². The van der Waals surface area contributed by atoms with E-state index in [1.54, 1.807) is 18.2 Å². The van der Waals surface area contributed by atoms with Gasteiger partial charge in [-0.1, -0.05) is 5.16 Å². The molecule has 6 heteroatoms. The van der Waals surface area contributed by atoms with Crippen molar-refractivity contribution in [3.05, 3.63) is 28.2 Å². The molecule has 5 nitrogen and oxygen atoms in total. The summed E-state index contributed by atoms with van der Waals surface area (Å²) in [6.07, 6.45) is 0. The first-order valence-corrected chi connectivity index (χ1v) is 4.89. The van der Waals surface area contributed by atoms with Crippen LogP contribution >= 0.6 is 15.9 Å². The van der Waals surface area contributed by atoms with Crippen molar-refractivity contribution >= 4 is 33.4 Å². The number of oxime groups is 1. The summed E-state index contributed by atoms with van der Waals surface area (Å²) in [5.74, 6) is -0.141. The lowest BCUT2D eigenvalue weighted by Gasteiger charge is -2.06. The van der Waals surface area contributed by atoms with E-state index in [-0.39, 0.29) is 11.7 Å². The number of rotatable bonds is 2. The minimum absolute atomic E-state index is 0.0186. The Bertz CT molecular complexity index is 418. The van der Waals surface area contributed by atoms with Crippen LogP contribution in [0.1, 0.15) is 12.5 Å². The maximum atomic E-state index is 10.8. The fraction of sp³-hybridized carbons (Fsp3) is 0.111. The molecule has 0 atom stereocenters. The molecule has 0 spiro atoms. The van der Waals surface area contributed by atoms with Crippen LogP contribution < -0.4 is 11.1 Å². The zero-order chi connectivity index (χ0) is 11.4. The number of hydrogen-bond acceptors (Lipinski definition) is 3. The second-order valence-corrected chi connectivity index (χ2v) is 3.72. The molecule has 1 rings (SSSR count). The Balaban J connectivity index is 3.03. The predicted octanol–water partition coefficient (Wildman–Crippen LogP) is 1.50. The molecule has 4 N–H and O–H groups in total. The third-order valence-electron chi connectivity index (χ3n) is 1.68. The van der Waals surface area contributed by atoms with Gasteiger partial charge in [0.2, 0.25) is 5.91 Å². The molecule has 0 fully saturated rings. The standard InChI is InChI=1S/C9H10BrN3O2/c1-5(14)12-8-3-2-6(4-7(8)10)9(11)13-15/h2-4,15H,1H3,(H2,11,13)(H,12,14). The van der Waals surface area contributed by atoms with Gasteiger partial charge in [-0.05, 0) is 34.1 Å². The van der Waals surface area contributed by atoms with Gasteiger partial charge in [0.1, 0.15) is 0 Å². The Labute approximate surface area is 95.1 Å². The summed E-state index contributed by atoms with van der Waals surface area (Å²) in [4.78, 5) is 10.8. The molecule has 1 amide bonds. The van der Waals surface area contributed by atoms with Crippen molar-refractivity contribution in [1.82, 2.24) is 0 Å². The van der Waals surface area contributed by atoms with Crippen LogP contribution in [-0.4, -0.2) is 17.0 Å². The summed E-state index contributed by atoms with van der Waals surface area (Å²) in [5.41, 5.74) is 6.61. The van der Waals surface area contributed by atoms with Crippen LogP contribution in [0.3, 0.4) is 0 Å². The number of nitrogens with two attached hydrogens (primary N) is 1. The second kappa shape index (κ2) is 4.79. The Kier molecular flexibility index (Phi) is 3.68. The predicted molar refractivity (Wildman–Crippen MR) is 61.0 cm³/mol. The molecule has 0 bridgehead atoms. The smallest absolute Gasteiger partial charge is 0.221 e. The zero-order valence-corrected chi connectivity index (χ0v) is 9.58. The van der Waals surface area contributed by atoms with Gasteiger partial charge in [-0.25, -0.2) is 0 Å². The van der Waals surface area contributed by atoms with Gasteiger partial charge in [0, 0.05) is 17.0 Å². The Morgan fingerprint density at radius 3 is 2.73 bits per heavy atom. The van der Waals surface area contributed by atoms with Gasteiger partial charge in [0.15, 0.2) is 5.84 Å². The first kappa shape index (κ1) is 11.5. The number of carbonyl (C=O) groups excluding carboxylic acids is 1. The molecule has 15 heavy (non-hydrogen) atoms. The summed E-state index contributed by atoms with van der Waals surface area (Å²) in [6.45, 7) is 1.42. The molecule has 0 aliphatic carbocycles. The summed E-state index contributed by atoms with van der Waals surface area (Å²) in [7, 11) is 0. The van der Waals surface area contributed by atoms with Crippen LogP contribution in [0.2, 0.25) is 0 Å². The molecule has 1 aromatic carbocycles. The van der Waals surface area contributed by atoms with Crippen molar-refractivity contribution in [3.63, 3.8) is 0 Å². The molecule has 0 aliphatic rings. The average molecular weight is 272 g/mol. The largest absolute Gasteiger partial charge is 0.409 e. The van der Waals surface area contributed by atoms with Gasteiger partial charge >= 0.3 is 0 Å². The lowest BCUT2D eigenvalue weighted by molar-refractivity contribution is -0.114. The van der Waals surface area contributed by atoms with E-state index in [1.165, 1.54) is 6.92 Å². The number of carbonyl (C=O) groups is 1. The maximum absolute atomic E-state index is 10.8. The highest BCUT2D eigenvalue weighted by Crippen LogP contribution is 2.23. The van der Waals surface area contributed by atoms with Crippen LogP contribution in [0.25, 0.3) is 0 Å². The second-order valence-electron chi connectivity index (χ2n) is 2.86. The van der Waals surface area contributed by atoms with Crippen molar-refractivity contribution in [2.75, 3.05) is 5.32 Å². The number of benzene rings is 1. The fourth-order valence-electron chi connectivity index (χ4n) is 1.02. The van der Waals surface area contributed by atoms with Gasteiger partial charge in [0.05, 0.1) is 5.69 Å². The van der Waals surface area contributed by atoms with E-state index < -0.39 is 0 Å². The molecule has 0 heterocycles. The van der Waals surface area contributed by atoms with Crippen LogP contribution in [0, 0.1) is 0 Å². The first-order valence-electron chi connectivity index (χ1n) is 4.09. The van der Waals surface area contributed by atoms with Crippen LogP contribution in [0.5, 0.6) is 0 Å². The Morgan fingerprint density at radius 1 is 1.60 bits per heavy atom. The number of amides is 1. The van der Waals surface area contributed by atoms with Crippen molar-refractivity contribution in [1.29, 1.82) is 0 Å². The number of nitrogens with one attached hydrogen (secondary N) is 1. The summed E-state index contributed by atoms with van der Waals surface area (Å²) < 4.78 is 0.668. The molecule has 0 saturated heterocycles. The van der Waals surface area contributed by atoms with E-state index in [9.17, 15) is 4.79 Å². The van der Waals surface area contributed by atoms with E-state index in [2.05, 4.69) is 26.4 Å². The van der Waals surface area contributed by atoms with Crippen LogP contribution in [-0.2, 0) is 4.79 Å². The lowest BCUT2D eigenvalue weighted by Crippen LogP contribution is -2.13. The number of halogens is 1. The lowest BCUT2D eigenvalue weighted by atomic mass is 10.2. The quantitative estimate of drug-likeness (QED) is 0.330. The first-order chi connectivity index (χ1) is 7.04. The van der Waals surface area contributed by atoms with E-state index in [0.29, 0.717) is 15.7 Å². The van der Waals surface area contributed by atoms with E-state index in [1.807, 2.05) is 0 Å². The minimum atomic E-state index is -0.160. The van der Waals surface area contributed by atoms with Crippen LogP contribution in [0.4, 0.5) is 5.69 Å². The molecule has 80 valence electrons. The van der Waals surface area contributed by atoms with Gasteiger partial charge in [-0.2, -0.15) is 0 Å². The molecular weight excluding hydrogens is 262 g/mol. The molecule has 0 aromatic heterocycles. The fourth-order valence-corrected chi connectivity index (χ4v) is 1.50. The van der Waals surface area contributed by atoms with Gasteiger partial charge in [-0.3, -0.25) is 4.79 Å². The highest BCUT2D eigenvalue weighted by atomic mass is 79.9. The molecular formula is C9H10BrN3O2. The van der Waals surface area contributed by atoms with E-state index in [0.717, 1.165) is 0 Å². The van der Waals surface area contributed by atoms with Crippen molar-refractivity contribution in [3.8, 4) is 0 Å². The highest BCUT2D eigenvalue weighted by Gasteiger charge is 2.05. The zero-order valence-electron chi connectivity index (χ0n) is 7.99. The summed E-state index contributed by atoms with van der Waals surface area (Å²) >= 11 is 3.27. The number of amidine groups is 1. The van der Waals surface area contributed by atoms with Crippen molar-refractivity contribution in [2.24, 2.45) is 10.9 Å². The molecule has 1 aromatic rings. The van der Waals surface area contributed by atoms with Crippen LogP contribution in [0.15, 0.2) is 27.8 Å². The number of hydrogen-bond donors (Lipinski definition) is 3. The van der Waals surface area contributed by atoms with Crippen molar-refractivity contribution < 1.29 is 10.0 Å². The maximum Gasteiger partial charge on any atom is 0.221 e. The number of nitrogens with zero attached hydrogens (tertiary/aromatic N) is 1. The number of anilines is 1. The van der Waals surface area contributed by atoms with Gasteiger partial charge in [-0.15, -0.1) is 0 Å². The molecule has 0 saturated carbocycles. The molecule has 0 aliphatic heterocycles. The summed E-state index contributed by atoms with van der Waals surface area (Å²) in [6, 6.07) is 4.96. The van der Waals surface area contributed by atoms with Gasteiger partial charge < -0.3 is 16.3 Å². The third-order valence-corrected chi connectivity index (χ3v) is 2.34.